The van der Waals surface area contributed by atoms with Crippen molar-refractivity contribution in [2.45, 2.75) is 103 Å². The van der Waals surface area contributed by atoms with Gasteiger partial charge in [-0.2, -0.15) is 0 Å². The van der Waals surface area contributed by atoms with Crippen LogP contribution in [-0.2, 0) is 4.79 Å². The molecule has 1 atom stereocenters. The van der Waals surface area contributed by atoms with Crippen molar-refractivity contribution in [2.75, 3.05) is 0 Å². The van der Waals surface area contributed by atoms with Crippen molar-refractivity contribution in [2.24, 2.45) is 4.99 Å². The van der Waals surface area contributed by atoms with Crippen LogP contribution in [0.2, 0.25) is 0 Å². The average molecular weight is 267 g/mol. The van der Waals surface area contributed by atoms with Gasteiger partial charge in [0.1, 0.15) is 0 Å². The van der Waals surface area contributed by atoms with Crippen LogP contribution < -0.4 is 0 Å². The molecule has 2 nitrogen and oxygen atoms in total. The molecular weight excluding hydrogens is 234 g/mol. The minimum atomic E-state index is 0.233. The highest BCUT2D eigenvalue weighted by Crippen LogP contribution is 2.14. The van der Waals surface area contributed by atoms with Crippen LogP contribution >= 0.6 is 0 Å². The van der Waals surface area contributed by atoms with E-state index in [1.165, 1.54) is 64.2 Å². The van der Waals surface area contributed by atoms with Crippen LogP contribution in [-0.4, -0.2) is 12.1 Å². The first-order chi connectivity index (χ1) is 9.35. The Balaban J connectivity index is 3.27. The molecule has 1 unspecified atom stereocenters. The summed E-state index contributed by atoms with van der Waals surface area (Å²) >= 11 is 0. The smallest absolute Gasteiger partial charge is 0.211 e. The molecule has 0 bridgehead atoms. The van der Waals surface area contributed by atoms with E-state index in [9.17, 15) is 4.79 Å². The van der Waals surface area contributed by atoms with Gasteiger partial charge in [-0.05, 0) is 12.8 Å². The molecule has 0 rings (SSSR count). The van der Waals surface area contributed by atoms with E-state index in [1.807, 2.05) is 0 Å². The number of unbranched alkanes of at least 4 members (excludes halogenated alkanes) is 9. The fourth-order valence-corrected chi connectivity index (χ4v) is 2.55. The van der Waals surface area contributed by atoms with Gasteiger partial charge in [0.25, 0.3) is 0 Å². The maximum atomic E-state index is 10.3. The van der Waals surface area contributed by atoms with Gasteiger partial charge in [-0.1, -0.05) is 84.5 Å². The Morgan fingerprint density at radius 3 is 1.74 bits per heavy atom. The van der Waals surface area contributed by atoms with Gasteiger partial charge in [-0.3, -0.25) is 0 Å². The molecule has 0 spiro atoms. The number of rotatable bonds is 14. The molecule has 0 aliphatic carbocycles. The van der Waals surface area contributed by atoms with Crippen LogP contribution in [0, 0.1) is 0 Å². The number of hydrogen-bond donors (Lipinski definition) is 0. The monoisotopic (exact) mass is 267 g/mol. The van der Waals surface area contributed by atoms with Crippen molar-refractivity contribution in [3.8, 4) is 0 Å². The maximum Gasteiger partial charge on any atom is 0.235 e. The summed E-state index contributed by atoms with van der Waals surface area (Å²) in [4.78, 5) is 14.2. The fourth-order valence-electron chi connectivity index (χ4n) is 2.55. The largest absolute Gasteiger partial charge is 0.235 e. The minimum Gasteiger partial charge on any atom is -0.211 e. The maximum absolute atomic E-state index is 10.3. The van der Waals surface area contributed by atoms with Crippen molar-refractivity contribution in [3.05, 3.63) is 0 Å². The van der Waals surface area contributed by atoms with E-state index < -0.39 is 0 Å². The predicted octanol–water partition coefficient (Wildman–Crippen LogP) is 5.80. The number of nitrogens with zero attached hydrogens (tertiary/aromatic N) is 1. The molecule has 0 amide bonds. The standard InChI is InChI=1S/C17H33NO/c1-3-5-6-7-8-9-10-11-12-13-15-17(14-4-2)18-16-19/h17H,3-15H2,1-2H3. The van der Waals surface area contributed by atoms with Crippen molar-refractivity contribution in [1.82, 2.24) is 0 Å². The van der Waals surface area contributed by atoms with E-state index in [4.69, 9.17) is 0 Å². The number of carbonyl (C=O) groups excluding carboxylic acids is 1. The van der Waals surface area contributed by atoms with Gasteiger partial charge in [0.2, 0.25) is 6.08 Å². The van der Waals surface area contributed by atoms with E-state index in [2.05, 4.69) is 18.8 Å². The molecule has 0 aliphatic heterocycles. The number of isocyanates is 1. The van der Waals surface area contributed by atoms with Gasteiger partial charge in [0.05, 0.1) is 6.04 Å². The van der Waals surface area contributed by atoms with Crippen LogP contribution in [0.1, 0.15) is 97.3 Å². The SMILES string of the molecule is CCCCCCCCCCCCC(CCC)N=C=O. The number of aliphatic imine (C=N–C) groups is 1. The van der Waals surface area contributed by atoms with Crippen LogP contribution in [0.5, 0.6) is 0 Å². The zero-order valence-corrected chi connectivity index (χ0v) is 13.1. The van der Waals surface area contributed by atoms with E-state index in [1.54, 1.807) is 6.08 Å². The van der Waals surface area contributed by atoms with E-state index in [0.29, 0.717) is 0 Å². The van der Waals surface area contributed by atoms with Crippen molar-refractivity contribution in [1.29, 1.82) is 0 Å². The Hall–Kier alpha value is -0.620. The molecule has 19 heavy (non-hydrogen) atoms. The summed E-state index contributed by atoms with van der Waals surface area (Å²) in [6.07, 6.45) is 18.5. The highest BCUT2D eigenvalue weighted by molar-refractivity contribution is 5.33. The molecule has 0 fully saturated rings. The average Bonchev–Trinajstić information content (AvgIpc) is 2.41. The fraction of sp³-hybridized carbons (Fsp3) is 0.941. The summed E-state index contributed by atoms with van der Waals surface area (Å²) in [5.74, 6) is 0. The van der Waals surface area contributed by atoms with Crippen LogP contribution in [0.4, 0.5) is 0 Å². The molecule has 2 heteroatoms. The summed E-state index contributed by atoms with van der Waals surface area (Å²) in [7, 11) is 0. The zero-order chi connectivity index (χ0) is 14.2. The van der Waals surface area contributed by atoms with Crippen LogP contribution in [0.3, 0.4) is 0 Å². The Labute approximate surface area is 120 Å². The second-order valence-electron chi connectivity index (χ2n) is 5.63. The van der Waals surface area contributed by atoms with Gasteiger partial charge in [-0.25, -0.2) is 9.79 Å². The second kappa shape index (κ2) is 15.4. The Morgan fingerprint density at radius 1 is 0.737 bits per heavy atom. The Morgan fingerprint density at radius 2 is 1.26 bits per heavy atom. The van der Waals surface area contributed by atoms with Gasteiger partial charge < -0.3 is 0 Å². The van der Waals surface area contributed by atoms with E-state index in [0.717, 1.165) is 19.3 Å². The van der Waals surface area contributed by atoms with Crippen molar-refractivity contribution >= 4 is 6.08 Å². The first-order valence-corrected chi connectivity index (χ1v) is 8.42. The third kappa shape index (κ3) is 13.6. The normalized spacial score (nSPS) is 12.1. The lowest BCUT2D eigenvalue weighted by molar-refractivity contribution is 0.496. The molecule has 112 valence electrons. The second-order valence-corrected chi connectivity index (χ2v) is 5.63. The zero-order valence-electron chi connectivity index (χ0n) is 13.1. The topological polar surface area (TPSA) is 29.4 Å². The Bertz CT molecular complexity index is 221. The molecule has 0 heterocycles. The van der Waals surface area contributed by atoms with Gasteiger partial charge in [0.15, 0.2) is 0 Å². The van der Waals surface area contributed by atoms with Gasteiger partial charge >= 0.3 is 0 Å². The third-order valence-electron chi connectivity index (χ3n) is 3.75. The summed E-state index contributed by atoms with van der Waals surface area (Å²) in [5.41, 5.74) is 0. The van der Waals surface area contributed by atoms with Crippen LogP contribution in [0.15, 0.2) is 4.99 Å². The van der Waals surface area contributed by atoms with Crippen molar-refractivity contribution < 1.29 is 4.79 Å². The van der Waals surface area contributed by atoms with Gasteiger partial charge in [0, 0.05) is 0 Å². The lowest BCUT2D eigenvalue weighted by atomic mass is 10.0. The van der Waals surface area contributed by atoms with Gasteiger partial charge in [-0.15, -0.1) is 0 Å². The highest BCUT2D eigenvalue weighted by atomic mass is 16.1. The summed E-state index contributed by atoms with van der Waals surface area (Å²) in [6.45, 7) is 4.41. The lowest BCUT2D eigenvalue weighted by Crippen LogP contribution is -2.03. The molecular formula is C17H33NO. The molecule has 0 saturated heterocycles. The summed E-state index contributed by atoms with van der Waals surface area (Å²) < 4.78 is 0. The summed E-state index contributed by atoms with van der Waals surface area (Å²) in [5, 5.41) is 0. The van der Waals surface area contributed by atoms with E-state index >= 15 is 0 Å². The lowest BCUT2D eigenvalue weighted by Gasteiger charge is -2.08. The molecule has 0 radical (unpaired) electrons. The highest BCUT2D eigenvalue weighted by Gasteiger charge is 2.04. The summed E-state index contributed by atoms with van der Waals surface area (Å²) in [6, 6.07) is 0.233. The Kier molecular flexibility index (Phi) is 14.9. The first kappa shape index (κ1) is 18.4. The first-order valence-electron chi connectivity index (χ1n) is 8.42. The van der Waals surface area contributed by atoms with Crippen molar-refractivity contribution in [3.63, 3.8) is 0 Å². The molecule has 0 N–H and O–H groups in total. The molecule has 0 aromatic carbocycles. The third-order valence-corrected chi connectivity index (χ3v) is 3.75. The van der Waals surface area contributed by atoms with E-state index in [-0.39, 0.29) is 6.04 Å². The number of hydrogen-bond acceptors (Lipinski definition) is 2. The molecule has 0 aliphatic rings. The molecule has 0 aromatic heterocycles. The minimum absolute atomic E-state index is 0.233. The van der Waals surface area contributed by atoms with Crippen LogP contribution in [0.25, 0.3) is 0 Å². The quantitative estimate of drug-likeness (QED) is 0.222. The molecule has 0 saturated carbocycles. The predicted molar refractivity (Wildman–Crippen MR) is 83.3 cm³/mol. The molecule has 0 aromatic rings.